The molecule has 2 rings (SSSR count). The summed E-state index contributed by atoms with van der Waals surface area (Å²) in [7, 11) is 0. The van der Waals surface area contributed by atoms with Crippen molar-refractivity contribution in [2.45, 2.75) is 60.4 Å². The molecule has 0 spiro atoms. The molecule has 0 unspecified atom stereocenters. The quantitative estimate of drug-likeness (QED) is 0.520. The molecule has 2 aromatic rings. The number of halogens is 1. The van der Waals surface area contributed by atoms with Crippen LogP contribution in [0.4, 0.5) is 4.39 Å². The second-order valence-corrected chi connectivity index (χ2v) is 8.64. The summed E-state index contributed by atoms with van der Waals surface area (Å²) in [6, 6.07) is 11.0. The monoisotopic (exact) mass is 398 g/mol. The van der Waals surface area contributed by atoms with E-state index in [0.717, 1.165) is 29.0 Å². The molecule has 2 amide bonds. The first-order chi connectivity index (χ1) is 13.5. The Balaban J connectivity index is 2.50. The molecule has 2 aromatic carbocycles. The summed E-state index contributed by atoms with van der Waals surface area (Å²) >= 11 is 0. The van der Waals surface area contributed by atoms with Crippen LogP contribution in [-0.4, -0.2) is 22.9 Å². The van der Waals surface area contributed by atoms with E-state index in [1.807, 2.05) is 40.7 Å². The van der Waals surface area contributed by atoms with Crippen LogP contribution in [0.3, 0.4) is 0 Å². The van der Waals surface area contributed by atoms with Gasteiger partial charge in [-0.2, -0.15) is 0 Å². The number of hydrogen-bond acceptors (Lipinski definition) is 3. The summed E-state index contributed by atoms with van der Waals surface area (Å²) in [4.78, 5) is 26.6. The maximum atomic E-state index is 14.3. The third-order valence-corrected chi connectivity index (χ3v) is 4.89. The number of carbonyl (C=O) groups is 2. The lowest BCUT2D eigenvalue weighted by Gasteiger charge is -2.35. The minimum atomic E-state index is -0.697. The molecule has 1 atom stereocenters. The van der Waals surface area contributed by atoms with E-state index in [0.29, 0.717) is 5.56 Å². The molecule has 5 heteroatoms. The molecular formula is C24H31FN2O2. The Kier molecular flexibility index (Phi) is 7.31. The standard InChI is InChI=1S/C24H31FN2O2/c1-7-10-21(24(4,5)6)26-27(23(29)19-11-8-9-12-20(19)25)22(28)18-14-16(2)13-17(3)15-18/h8-9,11-15,21,26H,7,10H2,1-6H3/t21-/m1/s1. The van der Waals surface area contributed by atoms with Crippen LogP contribution < -0.4 is 5.43 Å². The van der Waals surface area contributed by atoms with Crippen LogP contribution in [0.2, 0.25) is 0 Å². The molecule has 0 radical (unpaired) electrons. The van der Waals surface area contributed by atoms with E-state index in [-0.39, 0.29) is 17.0 Å². The topological polar surface area (TPSA) is 49.4 Å². The van der Waals surface area contributed by atoms with Crippen LogP contribution in [0.15, 0.2) is 42.5 Å². The molecule has 0 aliphatic heterocycles. The predicted molar refractivity (Wildman–Crippen MR) is 114 cm³/mol. The van der Waals surface area contributed by atoms with Crippen molar-refractivity contribution in [3.8, 4) is 0 Å². The molecule has 0 bridgehead atoms. The number of rotatable bonds is 6. The van der Waals surface area contributed by atoms with E-state index >= 15 is 0 Å². The minimum Gasteiger partial charge on any atom is -0.267 e. The van der Waals surface area contributed by atoms with Crippen LogP contribution in [-0.2, 0) is 0 Å². The van der Waals surface area contributed by atoms with Gasteiger partial charge in [0.2, 0.25) is 0 Å². The molecule has 156 valence electrons. The largest absolute Gasteiger partial charge is 0.278 e. The SMILES string of the molecule is CCC[C@@H](NN(C(=O)c1cc(C)cc(C)c1)C(=O)c1ccccc1F)C(C)(C)C. The van der Waals surface area contributed by atoms with Crippen molar-refractivity contribution in [2.24, 2.45) is 5.41 Å². The lowest BCUT2D eigenvalue weighted by molar-refractivity contribution is 0.0422. The van der Waals surface area contributed by atoms with Crippen molar-refractivity contribution in [3.05, 3.63) is 70.5 Å². The van der Waals surface area contributed by atoms with Gasteiger partial charge in [0.1, 0.15) is 5.82 Å². The smallest absolute Gasteiger partial charge is 0.267 e. The highest BCUT2D eigenvalue weighted by Gasteiger charge is 2.32. The highest BCUT2D eigenvalue weighted by Crippen LogP contribution is 2.24. The zero-order chi connectivity index (χ0) is 21.8. The summed E-state index contributed by atoms with van der Waals surface area (Å²) in [5, 5.41) is 0.984. The van der Waals surface area contributed by atoms with E-state index in [1.54, 1.807) is 18.2 Å². The van der Waals surface area contributed by atoms with Crippen molar-refractivity contribution in [3.63, 3.8) is 0 Å². The van der Waals surface area contributed by atoms with Gasteiger partial charge in [0.25, 0.3) is 11.8 Å². The Morgan fingerprint density at radius 2 is 1.62 bits per heavy atom. The average Bonchev–Trinajstić information content (AvgIpc) is 2.62. The molecule has 4 nitrogen and oxygen atoms in total. The number of benzene rings is 2. The summed E-state index contributed by atoms with van der Waals surface area (Å²) in [6.07, 6.45) is 1.65. The van der Waals surface area contributed by atoms with E-state index in [1.165, 1.54) is 18.2 Å². The number of hydrogen-bond donors (Lipinski definition) is 1. The van der Waals surface area contributed by atoms with E-state index in [4.69, 9.17) is 0 Å². The number of amides is 2. The normalized spacial score (nSPS) is 12.5. The fourth-order valence-electron chi connectivity index (χ4n) is 3.33. The molecule has 0 fully saturated rings. The zero-order valence-electron chi connectivity index (χ0n) is 18.2. The van der Waals surface area contributed by atoms with Crippen LogP contribution >= 0.6 is 0 Å². The lowest BCUT2D eigenvalue weighted by Crippen LogP contribution is -2.55. The summed E-state index contributed by atoms with van der Waals surface area (Å²) in [5.74, 6) is -1.84. The predicted octanol–water partition coefficient (Wildman–Crippen LogP) is 5.44. The van der Waals surface area contributed by atoms with Crippen LogP contribution in [0.1, 0.15) is 72.4 Å². The Morgan fingerprint density at radius 1 is 1.03 bits per heavy atom. The first kappa shape index (κ1) is 22.8. The molecule has 0 aromatic heterocycles. The molecule has 1 N–H and O–H groups in total. The number of imide groups is 1. The highest BCUT2D eigenvalue weighted by atomic mass is 19.1. The van der Waals surface area contributed by atoms with Crippen molar-refractivity contribution in [1.29, 1.82) is 0 Å². The van der Waals surface area contributed by atoms with Crippen LogP contribution in [0, 0.1) is 25.1 Å². The van der Waals surface area contributed by atoms with Gasteiger partial charge in [-0.3, -0.25) is 9.59 Å². The fourth-order valence-corrected chi connectivity index (χ4v) is 3.33. The van der Waals surface area contributed by atoms with Gasteiger partial charge < -0.3 is 0 Å². The fraction of sp³-hybridized carbons (Fsp3) is 0.417. The number of nitrogens with zero attached hydrogens (tertiary/aromatic N) is 1. The number of aryl methyl sites for hydroxylation is 2. The van der Waals surface area contributed by atoms with Crippen LogP contribution in [0.5, 0.6) is 0 Å². The van der Waals surface area contributed by atoms with Gasteiger partial charge in [-0.25, -0.2) is 14.8 Å². The van der Waals surface area contributed by atoms with Crippen molar-refractivity contribution >= 4 is 11.8 Å². The second kappa shape index (κ2) is 9.31. The molecule has 29 heavy (non-hydrogen) atoms. The van der Waals surface area contributed by atoms with E-state index in [2.05, 4.69) is 12.3 Å². The number of hydrazine groups is 1. The molecule has 0 heterocycles. The van der Waals surface area contributed by atoms with E-state index < -0.39 is 17.6 Å². The Labute approximate surface area is 173 Å². The second-order valence-electron chi connectivity index (χ2n) is 8.64. The third-order valence-electron chi connectivity index (χ3n) is 4.89. The first-order valence-electron chi connectivity index (χ1n) is 10.0. The molecule has 0 saturated carbocycles. The van der Waals surface area contributed by atoms with Crippen molar-refractivity contribution in [2.75, 3.05) is 0 Å². The Morgan fingerprint density at radius 3 is 2.14 bits per heavy atom. The molecule has 0 saturated heterocycles. The van der Waals surface area contributed by atoms with Gasteiger partial charge >= 0.3 is 0 Å². The first-order valence-corrected chi connectivity index (χ1v) is 10.0. The molecule has 0 aliphatic carbocycles. The highest BCUT2D eigenvalue weighted by molar-refractivity contribution is 6.10. The van der Waals surface area contributed by atoms with Gasteiger partial charge in [0, 0.05) is 11.6 Å². The summed E-state index contributed by atoms with van der Waals surface area (Å²) in [6.45, 7) is 12.0. The molecule has 0 aliphatic rings. The van der Waals surface area contributed by atoms with E-state index in [9.17, 15) is 14.0 Å². The number of nitrogens with one attached hydrogen (secondary N) is 1. The Bertz CT molecular complexity index is 866. The zero-order valence-corrected chi connectivity index (χ0v) is 18.2. The minimum absolute atomic E-state index is 0.137. The molecular weight excluding hydrogens is 367 g/mol. The number of carbonyl (C=O) groups excluding carboxylic acids is 2. The lowest BCUT2D eigenvalue weighted by atomic mass is 9.84. The van der Waals surface area contributed by atoms with Crippen molar-refractivity contribution in [1.82, 2.24) is 10.4 Å². The maximum absolute atomic E-state index is 14.3. The maximum Gasteiger partial charge on any atom is 0.278 e. The summed E-state index contributed by atoms with van der Waals surface area (Å²) in [5.41, 5.74) is 5.03. The van der Waals surface area contributed by atoms with Gasteiger partial charge in [-0.1, -0.05) is 63.4 Å². The Hall–Kier alpha value is -2.53. The van der Waals surface area contributed by atoms with Gasteiger partial charge in [-0.15, -0.1) is 0 Å². The van der Waals surface area contributed by atoms with Gasteiger partial charge in [0.05, 0.1) is 5.56 Å². The van der Waals surface area contributed by atoms with Crippen LogP contribution in [0.25, 0.3) is 0 Å². The summed E-state index contributed by atoms with van der Waals surface area (Å²) < 4.78 is 14.3. The third kappa shape index (κ3) is 5.73. The van der Waals surface area contributed by atoms with Gasteiger partial charge in [0.15, 0.2) is 0 Å². The van der Waals surface area contributed by atoms with Crippen molar-refractivity contribution < 1.29 is 14.0 Å². The average molecular weight is 399 g/mol. The van der Waals surface area contributed by atoms with Gasteiger partial charge in [-0.05, 0) is 49.9 Å².